The smallest absolute Gasteiger partial charge is 0.324 e. The SMILES string of the molecule is CC(=O)Nc1cc(OCC2CNCCO2)c(NC(=O)Nc2cnc(C)cn2)cc1C1CC1. The maximum atomic E-state index is 12.6. The first kappa shape index (κ1) is 22.0. The molecule has 1 saturated heterocycles. The minimum Gasteiger partial charge on any atom is -0.489 e. The second kappa shape index (κ2) is 9.92. The lowest BCUT2D eigenvalue weighted by molar-refractivity contribution is -0.114. The third kappa shape index (κ3) is 5.92. The molecule has 170 valence electrons. The van der Waals surface area contributed by atoms with E-state index in [-0.39, 0.29) is 12.0 Å². The van der Waals surface area contributed by atoms with Gasteiger partial charge in [-0.25, -0.2) is 9.78 Å². The average molecular weight is 441 g/mol. The Morgan fingerprint density at radius 3 is 2.66 bits per heavy atom. The topological polar surface area (TPSA) is 126 Å². The molecule has 0 spiro atoms. The number of aryl methyl sites for hydroxylation is 1. The van der Waals surface area contributed by atoms with Crippen LogP contribution in [0.15, 0.2) is 24.5 Å². The van der Waals surface area contributed by atoms with Gasteiger partial charge < -0.3 is 25.4 Å². The molecular weight excluding hydrogens is 412 g/mol. The summed E-state index contributed by atoms with van der Waals surface area (Å²) in [5.74, 6) is 0.990. The van der Waals surface area contributed by atoms with Crippen molar-refractivity contribution < 1.29 is 19.1 Å². The van der Waals surface area contributed by atoms with Gasteiger partial charge >= 0.3 is 6.03 Å². The summed E-state index contributed by atoms with van der Waals surface area (Å²) in [4.78, 5) is 32.7. The van der Waals surface area contributed by atoms with E-state index < -0.39 is 6.03 Å². The van der Waals surface area contributed by atoms with Gasteiger partial charge in [0.25, 0.3) is 0 Å². The van der Waals surface area contributed by atoms with E-state index in [4.69, 9.17) is 9.47 Å². The molecule has 1 atom stereocenters. The maximum absolute atomic E-state index is 12.6. The van der Waals surface area contributed by atoms with Gasteiger partial charge in [0, 0.05) is 31.8 Å². The van der Waals surface area contributed by atoms with Crippen molar-refractivity contribution in [1.29, 1.82) is 0 Å². The van der Waals surface area contributed by atoms with Crippen molar-refractivity contribution in [3.05, 3.63) is 35.8 Å². The quantitative estimate of drug-likeness (QED) is 0.521. The Morgan fingerprint density at radius 2 is 2.00 bits per heavy atom. The molecule has 2 aliphatic rings. The first-order chi connectivity index (χ1) is 15.5. The number of ether oxygens (including phenoxy) is 2. The van der Waals surface area contributed by atoms with Crippen LogP contribution in [0.4, 0.5) is 22.0 Å². The number of aromatic nitrogens is 2. The molecule has 10 heteroatoms. The largest absolute Gasteiger partial charge is 0.489 e. The Balaban J connectivity index is 1.55. The van der Waals surface area contributed by atoms with Crippen molar-refractivity contribution >= 4 is 29.1 Å². The second-order valence-electron chi connectivity index (χ2n) is 8.02. The number of urea groups is 1. The lowest BCUT2D eigenvalue weighted by atomic mass is 10.1. The highest BCUT2D eigenvalue weighted by molar-refractivity contribution is 6.01. The van der Waals surface area contributed by atoms with Gasteiger partial charge in [-0.05, 0) is 37.3 Å². The number of morpholine rings is 1. The number of anilines is 3. The highest BCUT2D eigenvalue weighted by atomic mass is 16.5. The molecule has 0 bridgehead atoms. The normalized spacial score (nSPS) is 18.0. The van der Waals surface area contributed by atoms with Gasteiger partial charge in [-0.2, -0.15) is 0 Å². The van der Waals surface area contributed by atoms with Gasteiger partial charge in [0.05, 0.1) is 30.4 Å². The van der Waals surface area contributed by atoms with E-state index >= 15 is 0 Å². The molecule has 1 unspecified atom stereocenters. The van der Waals surface area contributed by atoms with Crippen LogP contribution in [0.3, 0.4) is 0 Å². The fourth-order valence-electron chi connectivity index (χ4n) is 3.48. The molecule has 1 aliphatic carbocycles. The number of hydrogen-bond acceptors (Lipinski definition) is 7. The third-order valence-electron chi connectivity index (χ3n) is 5.18. The van der Waals surface area contributed by atoms with E-state index in [0.29, 0.717) is 48.6 Å². The number of hydrogen-bond donors (Lipinski definition) is 4. The monoisotopic (exact) mass is 440 g/mol. The average Bonchev–Trinajstić information content (AvgIpc) is 3.61. The van der Waals surface area contributed by atoms with Crippen LogP contribution < -0.4 is 26.0 Å². The molecule has 4 rings (SSSR count). The molecule has 1 aliphatic heterocycles. The number of rotatable bonds is 7. The lowest BCUT2D eigenvalue weighted by Gasteiger charge is -2.25. The van der Waals surface area contributed by atoms with E-state index in [1.54, 1.807) is 12.3 Å². The molecule has 2 fully saturated rings. The fourth-order valence-corrected chi connectivity index (χ4v) is 3.48. The van der Waals surface area contributed by atoms with E-state index in [1.807, 2.05) is 13.0 Å². The van der Waals surface area contributed by atoms with E-state index in [0.717, 1.165) is 30.6 Å². The van der Waals surface area contributed by atoms with Crippen molar-refractivity contribution in [2.75, 3.05) is 42.3 Å². The molecule has 32 heavy (non-hydrogen) atoms. The van der Waals surface area contributed by atoms with Gasteiger partial charge in [0.15, 0.2) is 5.82 Å². The van der Waals surface area contributed by atoms with E-state index in [9.17, 15) is 9.59 Å². The van der Waals surface area contributed by atoms with Gasteiger partial charge in [-0.1, -0.05) is 0 Å². The second-order valence-corrected chi connectivity index (χ2v) is 8.02. The number of amides is 3. The van der Waals surface area contributed by atoms with Gasteiger partial charge in [-0.3, -0.25) is 15.1 Å². The minimum atomic E-state index is -0.461. The van der Waals surface area contributed by atoms with Crippen molar-refractivity contribution in [2.24, 2.45) is 0 Å². The summed E-state index contributed by atoms with van der Waals surface area (Å²) in [5, 5.41) is 11.7. The lowest BCUT2D eigenvalue weighted by Crippen LogP contribution is -2.41. The van der Waals surface area contributed by atoms with E-state index in [1.165, 1.54) is 13.1 Å². The summed E-state index contributed by atoms with van der Waals surface area (Å²) < 4.78 is 11.7. The van der Waals surface area contributed by atoms with Gasteiger partial charge in [-0.15, -0.1) is 0 Å². The van der Waals surface area contributed by atoms with Crippen molar-refractivity contribution in [3.8, 4) is 5.75 Å². The molecule has 0 radical (unpaired) electrons. The summed E-state index contributed by atoms with van der Waals surface area (Å²) in [6.45, 7) is 5.73. The van der Waals surface area contributed by atoms with Crippen molar-refractivity contribution in [3.63, 3.8) is 0 Å². The number of nitrogens with zero attached hydrogens (tertiary/aromatic N) is 2. The summed E-state index contributed by atoms with van der Waals surface area (Å²) in [6.07, 6.45) is 5.06. The Kier molecular flexibility index (Phi) is 6.81. The van der Waals surface area contributed by atoms with Crippen LogP contribution in [0, 0.1) is 6.92 Å². The molecular formula is C22H28N6O4. The Morgan fingerprint density at radius 1 is 1.16 bits per heavy atom. The summed E-state index contributed by atoms with van der Waals surface area (Å²) in [6, 6.07) is 3.18. The highest BCUT2D eigenvalue weighted by Crippen LogP contribution is 2.46. The van der Waals surface area contributed by atoms with Crippen LogP contribution in [0.25, 0.3) is 0 Å². The molecule has 10 nitrogen and oxygen atoms in total. The zero-order valence-corrected chi connectivity index (χ0v) is 18.2. The zero-order valence-electron chi connectivity index (χ0n) is 18.2. The van der Waals surface area contributed by atoms with Crippen LogP contribution in [-0.4, -0.2) is 54.3 Å². The Labute approximate surface area is 186 Å². The predicted molar refractivity (Wildman–Crippen MR) is 120 cm³/mol. The third-order valence-corrected chi connectivity index (χ3v) is 5.18. The first-order valence-electron chi connectivity index (χ1n) is 10.7. The zero-order chi connectivity index (χ0) is 22.5. The predicted octanol–water partition coefficient (Wildman–Crippen LogP) is 2.63. The highest BCUT2D eigenvalue weighted by Gasteiger charge is 2.28. The van der Waals surface area contributed by atoms with Crippen molar-refractivity contribution in [1.82, 2.24) is 15.3 Å². The Hall–Kier alpha value is -3.24. The van der Waals surface area contributed by atoms with E-state index in [2.05, 4.69) is 31.2 Å². The molecule has 1 saturated carbocycles. The molecule has 2 aromatic rings. The van der Waals surface area contributed by atoms with Crippen LogP contribution in [0.5, 0.6) is 5.75 Å². The van der Waals surface area contributed by atoms with Crippen LogP contribution in [0.2, 0.25) is 0 Å². The number of nitrogens with one attached hydrogen (secondary N) is 4. The molecule has 2 heterocycles. The maximum Gasteiger partial charge on any atom is 0.324 e. The van der Waals surface area contributed by atoms with Gasteiger partial charge in [0.1, 0.15) is 18.5 Å². The number of carbonyl (C=O) groups excluding carboxylic acids is 2. The fraction of sp³-hybridized carbons (Fsp3) is 0.455. The van der Waals surface area contributed by atoms with Crippen LogP contribution in [-0.2, 0) is 9.53 Å². The summed E-state index contributed by atoms with van der Waals surface area (Å²) >= 11 is 0. The molecule has 1 aromatic carbocycles. The number of carbonyl (C=O) groups is 2. The molecule has 1 aromatic heterocycles. The molecule has 3 amide bonds. The van der Waals surface area contributed by atoms with Crippen molar-refractivity contribution in [2.45, 2.75) is 38.7 Å². The summed E-state index contributed by atoms with van der Waals surface area (Å²) in [7, 11) is 0. The first-order valence-corrected chi connectivity index (χ1v) is 10.7. The minimum absolute atomic E-state index is 0.0967. The van der Waals surface area contributed by atoms with Gasteiger partial charge in [0.2, 0.25) is 5.91 Å². The molecule has 4 N–H and O–H groups in total. The van der Waals surface area contributed by atoms with Crippen LogP contribution >= 0.6 is 0 Å². The number of benzene rings is 1. The summed E-state index contributed by atoms with van der Waals surface area (Å²) in [5.41, 5.74) is 2.96. The van der Waals surface area contributed by atoms with Crippen LogP contribution in [0.1, 0.15) is 36.9 Å². The standard InChI is InChI=1S/C22H28N6O4/c1-13-9-25-21(11-24-13)28-22(30)27-19-7-17(15-3-4-15)18(26-14(2)29)8-20(19)32-12-16-10-23-5-6-31-16/h7-9,11,15-16,23H,3-6,10,12H2,1-2H3,(H,26,29)(H2,25,27,28,30). The Bertz CT molecular complexity index is 971.